The minimum Gasteiger partial charge on any atom is -0.351 e. The first-order chi connectivity index (χ1) is 12.3. The molecular weight excluding hydrogens is 323 g/mol. The molecule has 0 unspecified atom stereocenters. The Morgan fingerprint density at radius 1 is 0.640 bits per heavy atom. The van der Waals surface area contributed by atoms with Gasteiger partial charge in [0.1, 0.15) is 0 Å². The Hall–Kier alpha value is -2.70. The number of aromatic nitrogens is 2. The van der Waals surface area contributed by atoms with Crippen LogP contribution in [0.15, 0.2) is 104 Å². The Balaban J connectivity index is 0.000000258. The first-order valence-corrected chi connectivity index (χ1v) is 9.59. The van der Waals surface area contributed by atoms with E-state index in [1.165, 1.54) is 15.9 Å². The van der Waals surface area contributed by atoms with E-state index in [2.05, 4.69) is 101 Å². The number of aryl methyl sites for hydroxylation is 1. The fourth-order valence-corrected chi connectivity index (χ4v) is 4.82. The summed E-state index contributed by atoms with van der Waals surface area (Å²) in [5, 5.41) is 4.19. The summed E-state index contributed by atoms with van der Waals surface area (Å²) in [5.41, 5.74) is 1.04. The summed E-state index contributed by atoms with van der Waals surface area (Å²) in [7, 11) is -0.446. The number of imidazole rings is 1. The van der Waals surface area contributed by atoms with Crippen LogP contribution >= 0.6 is 7.92 Å². The van der Waals surface area contributed by atoms with Crippen molar-refractivity contribution in [1.29, 1.82) is 0 Å². The maximum atomic E-state index is 3.86. The third kappa shape index (κ3) is 4.89. The average Bonchev–Trinajstić information content (AvgIpc) is 3.16. The quantitative estimate of drug-likeness (QED) is 0.556. The van der Waals surface area contributed by atoms with Crippen molar-refractivity contribution in [2.75, 3.05) is 0 Å². The number of hydrogen-bond acceptors (Lipinski definition) is 1. The summed E-state index contributed by atoms with van der Waals surface area (Å²) in [4.78, 5) is 6.68. The van der Waals surface area contributed by atoms with E-state index < -0.39 is 7.92 Å². The lowest BCUT2D eigenvalue weighted by molar-refractivity contribution is 1.25. The molecule has 0 aliphatic heterocycles. The van der Waals surface area contributed by atoms with Gasteiger partial charge in [0.2, 0.25) is 0 Å². The molecule has 1 N–H and O–H groups in total. The standard InChI is InChI=1S/C18H15P.C4H6N2/c1-4-10-16(11-5-1)19(17-12-6-2-7-13-17)18-14-8-3-9-15-18;1-4-2-5-3-6-4/h1-15H;2-3H,1H3,(H,5,6). The highest BCUT2D eigenvalue weighted by Gasteiger charge is 2.14. The van der Waals surface area contributed by atoms with Crippen LogP contribution in [-0.2, 0) is 0 Å². The van der Waals surface area contributed by atoms with Gasteiger partial charge in [-0.15, -0.1) is 0 Å². The number of rotatable bonds is 3. The smallest absolute Gasteiger partial charge is 0.0922 e. The first kappa shape index (κ1) is 17.1. The lowest BCUT2D eigenvalue weighted by atomic mass is 10.4. The molecule has 0 atom stereocenters. The topological polar surface area (TPSA) is 28.7 Å². The third-order valence-corrected chi connectivity index (χ3v) is 6.12. The summed E-state index contributed by atoms with van der Waals surface area (Å²) in [5.74, 6) is 0. The number of aromatic amines is 1. The summed E-state index contributed by atoms with van der Waals surface area (Å²) >= 11 is 0. The SMILES string of the molecule is Cc1c[nH]cn1.c1ccc(P(c2ccccc2)c2ccccc2)cc1. The summed E-state index contributed by atoms with van der Waals surface area (Å²) in [6, 6.07) is 32.3. The molecule has 3 aromatic carbocycles. The van der Waals surface area contributed by atoms with E-state index in [0.717, 1.165) is 5.69 Å². The highest BCUT2D eigenvalue weighted by atomic mass is 31.1. The molecule has 2 nitrogen and oxygen atoms in total. The molecule has 0 saturated carbocycles. The van der Waals surface area contributed by atoms with E-state index in [9.17, 15) is 0 Å². The zero-order chi connectivity index (χ0) is 17.3. The Morgan fingerprint density at radius 3 is 1.28 bits per heavy atom. The molecule has 0 amide bonds. The molecule has 0 bridgehead atoms. The third-order valence-electron chi connectivity index (χ3n) is 3.68. The van der Waals surface area contributed by atoms with Crippen molar-refractivity contribution in [1.82, 2.24) is 9.97 Å². The Labute approximate surface area is 150 Å². The van der Waals surface area contributed by atoms with Crippen molar-refractivity contribution in [3.8, 4) is 0 Å². The number of nitrogens with one attached hydrogen (secondary N) is 1. The van der Waals surface area contributed by atoms with Crippen LogP contribution in [0.1, 0.15) is 5.69 Å². The van der Waals surface area contributed by atoms with Gasteiger partial charge in [0.15, 0.2) is 0 Å². The van der Waals surface area contributed by atoms with Gasteiger partial charge in [-0.2, -0.15) is 0 Å². The maximum absolute atomic E-state index is 3.86. The lowest BCUT2D eigenvalue weighted by Gasteiger charge is -2.18. The van der Waals surface area contributed by atoms with E-state index in [4.69, 9.17) is 0 Å². The molecule has 0 fully saturated rings. The minimum atomic E-state index is -0.446. The molecule has 0 aliphatic carbocycles. The van der Waals surface area contributed by atoms with Gasteiger partial charge in [-0.05, 0) is 30.8 Å². The Morgan fingerprint density at radius 2 is 1.04 bits per heavy atom. The largest absolute Gasteiger partial charge is 0.351 e. The molecule has 4 aromatic rings. The second-order valence-corrected chi connectivity index (χ2v) is 7.77. The van der Waals surface area contributed by atoms with Crippen molar-refractivity contribution >= 4 is 23.8 Å². The molecular formula is C22H21N2P. The minimum absolute atomic E-state index is 0.446. The van der Waals surface area contributed by atoms with Crippen molar-refractivity contribution in [2.24, 2.45) is 0 Å². The van der Waals surface area contributed by atoms with Gasteiger partial charge >= 0.3 is 0 Å². The fourth-order valence-electron chi connectivity index (χ4n) is 2.51. The molecule has 25 heavy (non-hydrogen) atoms. The highest BCUT2D eigenvalue weighted by molar-refractivity contribution is 7.79. The number of benzene rings is 3. The summed E-state index contributed by atoms with van der Waals surface area (Å²) < 4.78 is 0. The van der Waals surface area contributed by atoms with E-state index in [0.29, 0.717) is 0 Å². The Bertz CT molecular complexity index is 751. The zero-order valence-electron chi connectivity index (χ0n) is 14.2. The normalized spacial score (nSPS) is 10.2. The van der Waals surface area contributed by atoms with Crippen LogP contribution in [0.4, 0.5) is 0 Å². The van der Waals surface area contributed by atoms with Gasteiger partial charge in [0, 0.05) is 6.20 Å². The van der Waals surface area contributed by atoms with E-state index in [1.54, 1.807) is 6.33 Å². The second kappa shape index (κ2) is 8.96. The summed E-state index contributed by atoms with van der Waals surface area (Å²) in [6.45, 7) is 1.94. The molecule has 0 spiro atoms. The fraction of sp³-hybridized carbons (Fsp3) is 0.0455. The van der Waals surface area contributed by atoms with Gasteiger partial charge in [-0.25, -0.2) is 4.98 Å². The number of hydrogen-bond donors (Lipinski definition) is 1. The molecule has 124 valence electrons. The van der Waals surface area contributed by atoms with Crippen LogP contribution in [0.3, 0.4) is 0 Å². The van der Waals surface area contributed by atoms with Gasteiger partial charge in [0.05, 0.1) is 12.0 Å². The van der Waals surface area contributed by atoms with Crippen molar-refractivity contribution in [3.63, 3.8) is 0 Å². The molecule has 0 saturated heterocycles. The van der Waals surface area contributed by atoms with Gasteiger partial charge < -0.3 is 4.98 Å². The van der Waals surface area contributed by atoms with Crippen LogP contribution in [-0.4, -0.2) is 9.97 Å². The second-order valence-electron chi connectivity index (χ2n) is 5.55. The van der Waals surface area contributed by atoms with Crippen molar-refractivity contribution in [2.45, 2.75) is 6.92 Å². The zero-order valence-corrected chi connectivity index (χ0v) is 15.1. The predicted molar refractivity (Wildman–Crippen MR) is 108 cm³/mol. The summed E-state index contributed by atoms with van der Waals surface area (Å²) in [6.07, 6.45) is 3.51. The van der Waals surface area contributed by atoms with E-state index in [1.807, 2.05) is 13.1 Å². The van der Waals surface area contributed by atoms with Crippen LogP contribution < -0.4 is 15.9 Å². The van der Waals surface area contributed by atoms with Gasteiger partial charge in [-0.1, -0.05) is 91.0 Å². The van der Waals surface area contributed by atoms with Crippen LogP contribution in [0, 0.1) is 6.92 Å². The molecule has 4 rings (SSSR count). The highest BCUT2D eigenvalue weighted by Crippen LogP contribution is 2.32. The maximum Gasteiger partial charge on any atom is 0.0922 e. The van der Waals surface area contributed by atoms with Gasteiger partial charge in [0.25, 0.3) is 0 Å². The molecule has 0 aliphatic rings. The monoisotopic (exact) mass is 344 g/mol. The average molecular weight is 344 g/mol. The Kier molecular flexibility index (Phi) is 6.14. The molecule has 0 radical (unpaired) electrons. The number of nitrogens with zero attached hydrogens (tertiary/aromatic N) is 1. The van der Waals surface area contributed by atoms with Crippen LogP contribution in [0.2, 0.25) is 0 Å². The number of H-pyrrole nitrogens is 1. The van der Waals surface area contributed by atoms with E-state index in [-0.39, 0.29) is 0 Å². The lowest BCUT2D eigenvalue weighted by Crippen LogP contribution is -2.20. The molecule has 1 heterocycles. The van der Waals surface area contributed by atoms with Crippen LogP contribution in [0.25, 0.3) is 0 Å². The van der Waals surface area contributed by atoms with Crippen molar-refractivity contribution in [3.05, 3.63) is 109 Å². The van der Waals surface area contributed by atoms with Crippen LogP contribution in [0.5, 0.6) is 0 Å². The van der Waals surface area contributed by atoms with E-state index >= 15 is 0 Å². The predicted octanol–water partition coefficient (Wildman–Crippen LogP) is 4.16. The molecule has 3 heteroatoms. The molecule has 1 aromatic heterocycles. The first-order valence-electron chi connectivity index (χ1n) is 8.25. The van der Waals surface area contributed by atoms with Gasteiger partial charge in [-0.3, -0.25) is 0 Å². The van der Waals surface area contributed by atoms with Crippen molar-refractivity contribution < 1.29 is 0 Å².